The first kappa shape index (κ1) is 22.1. The van der Waals surface area contributed by atoms with E-state index < -0.39 is 22.5 Å². The van der Waals surface area contributed by atoms with E-state index in [0.29, 0.717) is 44.5 Å². The molecule has 33 heavy (non-hydrogen) atoms. The molecule has 0 bridgehead atoms. The van der Waals surface area contributed by atoms with E-state index in [-0.39, 0.29) is 17.7 Å². The molecule has 2 heterocycles. The standard InChI is InChI=1S/C27H30F2N2O2/c28-21-14-19(15-22(29)16-21)23-18-30-24(32)17-26(23)10-12-31(13-11-26)25(33)27(8-4-5-9-27)20-6-2-1-3-7-20/h1-3,6-7,14-16,23H,4-5,8-13,17-18H2,(H,30,32)/t23-/m0/s1. The van der Waals surface area contributed by atoms with Crippen LogP contribution in [0.25, 0.3) is 0 Å². The molecule has 0 aromatic heterocycles. The number of likely N-dealkylation sites (tertiary alicyclic amines) is 1. The summed E-state index contributed by atoms with van der Waals surface area (Å²) in [6.07, 6.45) is 5.45. The Kier molecular flexibility index (Phi) is 5.71. The lowest BCUT2D eigenvalue weighted by atomic mass is 9.62. The monoisotopic (exact) mass is 452 g/mol. The van der Waals surface area contributed by atoms with Crippen molar-refractivity contribution in [3.8, 4) is 0 Å². The minimum absolute atomic E-state index is 0.0283. The zero-order chi connectivity index (χ0) is 23.1. The highest BCUT2D eigenvalue weighted by Gasteiger charge is 2.50. The summed E-state index contributed by atoms with van der Waals surface area (Å²) in [5, 5.41) is 2.88. The van der Waals surface area contributed by atoms with Crippen LogP contribution in [0.5, 0.6) is 0 Å². The smallest absolute Gasteiger partial charge is 0.233 e. The lowest BCUT2D eigenvalue weighted by Crippen LogP contribution is -2.55. The normalized spacial score (nSPS) is 24.0. The number of halogens is 2. The summed E-state index contributed by atoms with van der Waals surface area (Å²) in [5.41, 5.74) is 0.831. The van der Waals surface area contributed by atoms with Crippen molar-refractivity contribution < 1.29 is 18.4 Å². The highest BCUT2D eigenvalue weighted by molar-refractivity contribution is 5.89. The molecule has 1 aliphatic carbocycles. The number of rotatable bonds is 3. The van der Waals surface area contributed by atoms with Crippen molar-refractivity contribution in [3.63, 3.8) is 0 Å². The second-order valence-electron chi connectivity index (χ2n) is 10.0. The fourth-order valence-corrected chi connectivity index (χ4v) is 6.53. The Morgan fingerprint density at radius 3 is 2.21 bits per heavy atom. The van der Waals surface area contributed by atoms with Crippen molar-refractivity contribution >= 4 is 11.8 Å². The van der Waals surface area contributed by atoms with Crippen molar-refractivity contribution in [2.24, 2.45) is 5.41 Å². The van der Waals surface area contributed by atoms with Gasteiger partial charge in [-0.3, -0.25) is 9.59 Å². The van der Waals surface area contributed by atoms with E-state index in [9.17, 15) is 18.4 Å². The number of piperidine rings is 2. The number of hydrogen-bond donors (Lipinski definition) is 1. The summed E-state index contributed by atoms with van der Waals surface area (Å²) in [6.45, 7) is 1.49. The lowest BCUT2D eigenvalue weighted by molar-refractivity contribution is -0.141. The average molecular weight is 453 g/mol. The Morgan fingerprint density at radius 2 is 1.58 bits per heavy atom. The van der Waals surface area contributed by atoms with Crippen molar-refractivity contribution in [1.29, 1.82) is 0 Å². The number of carbonyl (C=O) groups excluding carboxylic acids is 2. The number of hydrogen-bond acceptors (Lipinski definition) is 2. The predicted octanol–water partition coefficient (Wildman–Crippen LogP) is 4.69. The molecule has 2 aromatic carbocycles. The molecule has 2 saturated heterocycles. The molecule has 1 N–H and O–H groups in total. The van der Waals surface area contributed by atoms with Gasteiger partial charge in [0, 0.05) is 38.0 Å². The molecule has 2 amide bonds. The van der Waals surface area contributed by atoms with Gasteiger partial charge in [0.1, 0.15) is 11.6 Å². The van der Waals surface area contributed by atoms with Gasteiger partial charge in [0.05, 0.1) is 5.41 Å². The maximum absolute atomic E-state index is 14.0. The van der Waals surface area contributed by atoms with Crippen LogP contribution in [0.4, 0.5) is 8.78 Å². The predicted molar refractivity (Wildman–Crippen MR) is 122 cm³/mol. The number of nitrogens with zero attached hydrogens (tertiary/aromatic N) is 1. The van der Waals surface area contributed by atoms with Crippen molar-refractivity contribution in [2.75, 3.05) is 19.6 Å². The molecular weight excluding hydrogens is 422 g/mol. The number of nitrogens with one attached hydrogen (secondary N) is 1. The van der Waals surface area contributed by atoms with Crippen LogP contribution in [0.15, 0.2) is 48.5 Å². The van der Waals surface area contributed by atoms with Crippen LogP contribution >= 0.6 is 0 Å². The first-order valence-electron chi connectivity index (χ1n) is 12.0. The maximum atomic E-state index is 14.0. The largest absolute Gasteiger partial charge is 0.355 e. The second-order valence-corrected chi connectivity index (χ2v) is 10.0. The summed E-state index contributed by atoms with van der Waals surface area (Å²) >= 11 is 0. The van der Waals surface area contributed by atoms with Crippen LogP contribution in [0, 0.1) is 17.0 Å². The van der Waals surface area contributed by atoms with Crippen molar-refractivity contribution in [1.82, 2.24) is 10.2 Å². The first-order valence-corrected chi connectivity index (χ1v) is 12.0. The van der Waals surface area contributed by atoms with Gasteiger partial charge in [-0.1, -0.05) is 43.2 Å². The molecule has 1 spiro atoms. The first-order chi connectivity index (χ1) is 15.9. The fraction of sp³-hybridized carbons (Fsp3) is 0.481. The minimum atomic E-state index is -0.601. The summed E-state index contributed by atoms with van der Waals surface area (Å²) in [7, 11) is 0. The van der Waals surface area contributed by atoms with Gasteiger partial charge in [-0.2, -0.15) is 0 Å². The third-order valence-corrected chi connectivity index (χ3v) is 8.28. The van der Waals surface area contributed by atoms with Gasteiger partial charge in [-0.25, -0.2) is 8.78 Å². The Labute approximate surface area is 193 Å². The zero-order valence-corrected chi connectivity index (χ0v) is 18.8. The van der Waals surface area contributed by atoms with Crippen LogP contribution in [-0.2, 0) is 15.0 Å². The van der Waals surface area contributed by atoms with Gasteiger partial charge in [-0.15, -0.1) is 0 Å². The third-order valence-electron chi connectivity index (χ3n) is 8.28. The molecule has 6 heteroatoms. The van der Waals surface area contributed by atoms with E-state index in [1.54, 1.807) is 0 Å². The highest BCUT2D eigenvalue weighted by atomic mass is 19.1. The molecule has 0 radical (unpaired) electrons. The van der Waals surface area contributed by atoms with E-state index >= 15 is 0 Å². The van der Waals surface area contributed by atoms with E-state index in [1.165, 1.54) is 12.1 Å². The Bertz CT molecular complexity index is 1020. The molecule has 2 aromatic rings. The number of carbonyl (C=O) groups is 2. The second kappa shape index (κ2) is 8.54. The Morgan fingerprint density at radius 1 is 0.939 bits per heavy atom. The van der Waals surface area contributed by atoms with Gasteiger partial charge in [0.25, 0.3) is 0 Å². The molecular formula is C27H30F2N2O2. The number of amides is 2. The Balaban J connectivity index is 1.39. The van der Waals surface area contributed by atoms with Crippen LogP contribution in [-0.4, -0.2) is 36.3 Å². The third kappa shape index (κ3) is 3.94. The van der Waals surface area contributed by atoms with E-state index in [1.807, 2.05) is 23.1 Å². The van der Waals surface area contributed by atoms with Gasteiger partial charge < -0.3 is 10.2 Å². The zero-order valence-electron chi connectivity index (χ0n) is 18.8. The Hall–Kier alpha value is -2.76. The van der Waals surface area contributed by atoms with Gasteiger partial charge in [-0.05, 0) is 54.4 Å². The molecule has 174 valence electrons. The van der Waals surface area contributed by atoms with Crippen LogP contribution in [0.3, 0.4) is 0 Å². The van der Waals surface area contributed by atoms with E-state index in [2.05, 4.69) is 17.4 Å². The molecule has 1 atom stereocenters. The summed E-state index contributed by atoms with van der Waals surface area (Å²) in [5.74, 6) is -1.22. The van der Waals surface area contributed by atoms with Crippen LogP contribution < -0.4 is 5.32 Å². The molecule has 2 aliphatic heterocycles. The van der Waals surface area contributed by atoms with Gasteiger partial charge in [0.2, 0.25) is 11.8 Å². The van der Waals surface area contributed by atoms with Crippen LogP contribution in [0.1, 0.15) is 62.0 Å². The SMILES string of the molecule is O=C1CC2(CCN(C(=O)C3(c4ccccc4)CCCC3)CC2)[C@H](c2cc(F)cc(F)c2)CN1. The quantitative estimate of drug-likeness (QED) is 0.735. The topological polar surface area (TPSA) is 49.4 Å². The molecule has 4 nitrogen and oxygen atoms in total. The summed E-state index contributed by atoms with van der Waals surface area (Å²) in [6, 6.07) is 13.7. The van der Waals surface area contributed by atoms with Crippen molar-refractivity contribution in [3.05, 3.63) is 71.3 Å². The van der Waals surface area contributed by atoms with Gasteiger partial charge >= 0.3 is 0 Å². The maximum Gasteiger partial charge on any atom is 0.233 e. The summed E-state index contributed by atoms with van der Waals surface area (Å²) in [4.78, 5) is 28.2. The highest BCUT2D eigenvalue weighted by Crippen LogP contribution is 2.50. The minimum Gasteiger partial charge on any atom is -0.355 e. The molecule has 1 saturated carbocycles. The van der Waals surface area contributed by atoms with Crippen molar-refractivity contribution in [2.45, 2.75) is 56.3 Å². The van der Waals surface area contributed by atoms with E-state index in [4.69, 9.17) is 0 Å². The lowest BCUT2D eigenvalue weighted by Gasteiger charge is -2.50. The van der Waals surface area contributed by atoms with Gasteiger partial charge in [0.15, 0.2) is 0 Å². The molecule has 0 unspecified atom stereocenters. The fourth-order valence-electron chi connectivity index (χ4n) is 6.53. The molecule has 5 rings (SSSR count). The molecule has 3 fully saturated rings. The molecule has 3 aliphatic rings. The van der Waals surface area contributed by atoms with Crippen LogP contribution in [0.2, 0.25) is 0 Å². The van der Waals surface area contributed by atoms with E-state index in [0.717, 1.165) is 37.3 Å². The number of benzene rings is 2. The summed E-state index contributed by atoms with van der Waals surface area (Å²) < 4.78 is 28.0. The average Bonchev–Trinajstić information content (AvgIpc) is 3.30.